The molecule has 0 aliphatic heterocycles. The highest BCUT2D eigenvalue weighted by Gasteiger charge is 2.28. The first-order valence-electron chi connectivity index (χ1n) is 7.67. The van der Waals surface area contributed by atoms with E-state index in [0.717, 1.165) is 11.3 Å². The van der Waals surface area contributed by atoms with Gasteiger partial charge < -0.3 is 14.6 Å². The Morgan fingerprint density at radius 2 is 2.12 bits per heavy atom. The molecular weight excluding hydrogens is 328 g/mol. The van der Waals surface area contributed by atoms with Gasteiger partial charge in [-0.15, -0.1) is 0 Å². The molecule has 134 valence electrons. The Hall–Kier alpha value is -2.97. The van der Waals surface area contributed by atoms with Crippen LogP contribution in [0.4, 0.5) is 11.5 Å². The van der Waals surface area contributed by atoms with Gasteiger partial charge in [0.1, 0.15) is 11.3 Å². The van der Waals surface area contributed by atoms with Crippen molar-refractivity contribution in [3.05, 3.63) is 44.5 Å². The molecule has 0 bridgehead atoms. The summed E-state index contributed by atoms with van der Waals surface area (Å²) in [6, 6.07) is 1.34. The van der Waals surface area contributed by atoms with E-state index in [9.17, 15) is 14.9 Å². The number of carbonyl (C=O) groups excluding carboxylic acids is 1. The van der Waals surface area contributed by atoms with E-state index in [4.69, 9.17) is 4.52 Å². The van der Waals surface area contributed by atoms with E-state index >= 15 is 0 Å². The first-order chi connectivity index (χ1) is 11.8. The quantitative estimate of drug-likeness (QED) is 0.480. The van der Waals surface area contributed by atoms with Gasteiger partial charge in [-0.1, -0.05) is 12.1 Å². The molecule has 0 radical (unpaired) electrons. The summed E-state index contributed by atoms with van der Waals surface area (Å²) in [5, 5.41) is 18.3. The van der Waals surface area contributed by atoms with Crippen LogP contribution in [-0.4, -0.2) is 34.7 Å². The smallest absolute Gasteiger partial charge is 0.345 e. The zero-order chi connectivity index (χ0) is 18.7. The van der Waals surface area contributed by atoms with Crippen molar-refractivity contribution >= 4 is 17.5 Å². The number of ether oxygens (including phenoxy) is 1. The molecule has 0 amide bonds. The van der Waals surface area contributed by atoms with Crippen molar-refractivity contribution < 1.29 is 19.0 Å². The SMILES string of the molecule is COC(=O)c1cc(C)nc(NC[C@H](C)c2c(C)noc2C)c1[N+](=O)[O-]. The molecule has 0 fully saturated rings. The summed E-state index contributed by atoms with van der Waals surface area (Å²) in [6.07, 6.45) is 0. The van der Waals surface area contributed by atoms with E-state index in [2.05, 4.69) is 20.2 Å². The van der Waals surface area contributed by atoms with E-state index in [0.29, 0.717) is 18.0 Å². The van der Waals surface area contributed by atoms with Gasteiger partial charge in [0.25, 0.3) is 0 Å². The summed E-state index contributed by atoms with van der Waals surface area (Å²) in [7, 11) is 1.18. The van der Waals surface area contributed by atoms with Gasteiger partial charge in [-0.2, -0.15) is 0 Å². The van der Waals surface area contributed by atoms with Crippen LogP contribution in [0.5, 0.6) is 0 Å². The van der Waals surface area contributed by atoms with Crippen LogP contribution in [0.2, 0.25) is 0 Å². The second-order valence-electron chi connectivity index (χ2n) is 5.78. The minimum Gasteiger partial charge on any atom is -0.465 e. The largest absolute Gasteiger partial charge is 0.465 e. The zero-order valence-corrected chi connectivity index (χ0v) is 14.7. The van der Waals surface area contributed by atoms with E-state index in [1.165, 1.54) is 13.2 Å². The fourth-order valence-electron chi connectivity index (χ4n) is 2.79. The minimum atomic E-state index is -0.779. The number of hydrogen-bond donors (Lipinski definition) is 1. The lowest BCUT2D eigenvalue weighted by molar-refractivity contribution is -0.384. The van der Waals surface area contributed by atoms with Crippen molar-refractivity contribution in [1.82, 2.24) is 10.1 Å². The van der Waals surface area contributed by atoms with Gasteiger partial charge >= 0.3 is 11.7 Å². The third kappa shape index (κ3) is 3.76. The molecule has 9 nitrogen and oxygen atoms in total. The number of methoxy groups -OCH3 is 1. The Balaban J connectivity index is 2.34. The lowest BCUT2D eigenvalue weighted by Crippen LogP contribution is -2.16. The van der Waals surface area contributed by atoms with Gasteiger partial charge in [-0.25, -0.2) is 9.78 Å². The van der Waals surface area contributed by atoms with Gasteiger partial charge in [0.15, 0.2) is 0 Å². The Bertz CT molecular complexity index is 796. The predicted octanol–water partition coefficient (Wildman–Crippen LogP) is 2.91. The summed E-state index contributed by atoms with van der Waals surface area (Å²) in [5.74, 6) is -0.0634. The summed E-state index contributed by atoms with van der Waals surface area (Å²) < 4.78 is 9.79. The van der Waals surface area contributed by atoms with Crippen molar-refractivity contribution in [3.63, 3.8) is 0 Å². The first-order valence-corrected chi connectivity index (χ1v) is 7.67. The molecule has 0 saturated carbocycles. The maximum atomic E-state index is 11.9. The first kappa shape index (κ1) is 18.4. The van der Waals surface area contributed by atoms with Crippen LogP contribution in [-0.2, 0) is 4.74 Å². The molecule has 0 aromatic carbocycles. The van der Waals surface area contributed by atoms with Crippen LogP contribution in [0.1, 0.15) is 45.9 Å². The second-order valence-corrected chi connectivity index (χ2v) is 5.78. The molecule has 2 aromatic rings. The van der Waals surface area contributed by atoms with Gasteiger partial charge in [0.2, 0.25) is 5.82 Å². The van der Waals surface area contributed by atoms with Gasteiger partial charge in [-0.3, -0.25) is 10.1 Å². The highest BCUT2D eigenvalue weighted by molar-refractivity contribution is 5.96. The molecule has 2 aromatic heterocycles. The molecule has 2 heterocycles. The molecule has 0 aliphatic carbocycles. The van der Waals surface area contributed by atoms with Gasteiger partial charge in [-0.05, 0) is 26.8 Å². The number of nitrogens with one attached hydrogen (secondary N) is 1. The molecule has 1 N–H and O–H groups in total. The number of aryl methyl sites for hydroxylation is 3. The molecule has 0 aliphatic rings. The van der Waals surface area contributed by atoms with Gasteiger partial charge in [0, 0.05) is 23.7 Å². The number of nitrogens with zero attached hydrogens (tertiary/aromatic N) is 3. The van der Waals surface area contributed by atoms with Crippen LogP contribution in [0, 0.1) is 30.9 Å². The Morgan fingerprint density at radius 1 is 1.44 bits per heavy atom. The molecule has 0 saturated heterocycles. The van der Waals surface area contributed by atoms with Crippen LogP contribution in [0.3, 0.4) is 0 Å². The molecule has 0 spiro atoms. The number of carbonyl (C=O) groups is 1. The minimum absolute atomic E-state index is 0.0188. The fourth-order valence-corrected chi connectivity index (χ4v) is 2.79. The highest BCUT2D eigenvalue weighted by Crippen LogP contribution is 2.30. The third-order valence-corrected chi connectivity index (χ3v) is 3.87. The fraction of sp³-hybridized carbons (Fsp3) is 0.438. The normalized spacial score (nSPS) is 11.9. The summed E-state index contributed by atoms with van der Waals surface area (Å²) in [6.45, 7) is 7.61. The monoisotopic (exact) mass is 348 g/mol. The molecule has 2 rings (SSSR count). The van der Waals surface area contributed by atoms with Crippen molar-refractivity contribution in [2.75, 3.05) is 19.0 Å². The lowest BCUT2D eigenvalue weighted by Gasteiger charge is -2.14. The number of anilines is 1. The van der Waals surface area contributed by atoms with Crippen molar-refractivity contribution in [1.29, 1.82) is 0 Å². The zero-order valence-electron chi connectivity index (χ0n) is 14.7. The lowest BCUT2D eigenvalue weighted by atomic mass is 9.99. The van der Waals surface area contributed by atoms with E-state index in [1.54, 1.807) is 6.92 Å². The maximum absolute atomic E-state index is 11.9. The topological polar surface area (TPSA) is 120 Å². The Labute approximate surface area is 144 Å². The highest BCUT2D eigenvalue weighted by atomic mass is 16.6. The summed E-state index contributed by atoms with van der Waals surface area (Å²) in [5.41, 5.74) is 1.65. The van der Waals surface area contributed by atoms with Crippen LogP contribution in [0.25, 0.3) is 0 Å². The van der Waals surface area contributed by atoms with E-state index in [1.807, 2.05) is 20.8 Å². The van der Waals surface area contributed by atoms with E-state index < -0.39 is 16.6 Å². The van der Waals surface area contributed by atoms with Crippen LogP contribution in [0.15, 0.2) is 10.6 Å². The van der Waals surface area contributed by atoms with Crippen LogP contribution >= 0.6 is 0 Å². The Kier molecular flexibility index (Phi) is 5.35. The Morgan fingerprint density at radius 3 is 2.64 bits per heavy atom. The molecular formula is C16H20N4O5. The van der Waals surface area contributed by atoms with Gasteiger partial charge in [0.05, 0.1) is 17.7 Å². The standard InChI is InChI=1S/C16H20N4O5/c1-8(13-10(3)19-25-11(13)4)7-17-15-14(20(22)23)12(16(21)24-5)6-9(2)18-15/h6,8H,7H2,1-5H3,(H,17,18)/t8-/m0/s1. The van der Waals surface area contributed by atoms with Crippen molar-refractivity contribution in [2.24, 2.45) is 0 Å². The second kappa shape index (κ2) is 7.29. The molecule has 25 heavy (non-hydrogen) atoms. The van der Waals surface area contributed by atoms with Crippen molar-refractivity contribution in [3.8, 4) is 0 Å². The average Bonchev–Trinajstić information content (AvgIpc) is 2.89. The van der Waals surface area contributed by atoms with Crippen LogP contribution < -0.4 is 5.32 Å². The van der Waals surface area contributed by atoms with E-state index in [-0.39, 0.29) is 17.3 Å². The average molecular weight is 348 g/mol. The molecule has 0 unspecified atom stereocenters. The maximum Gasteiger partial charge on any atom is 0.345 e. The molecule has 9 heteroatoms. The number of esters is 1. The number of aromatic nitrogens is 2. The molecule has 1 atom stereocenters. The third-order valence-electron chi connectivity index (χ3n) is 3.87. The summed E-state index contributed by atoms with van der Waals surface area (Å²) in [4.78, 5) is 26.8. The number of pyridine rings is 1. The number of hydrogen-bond acceptors (Lipinski definition) is 8. The predicted molar refractivity (Wildman–Crippen MR) is 89.8 cm³/mol. The number of rotatable bonds is 6. The summed E-state index contributed by atoms with van der Waals surface area (Å²) >= 11 is 0. The van der Waals surface area contributed by atoms with Crippen molar-refractivity contribution in [2.45, 2.75) is 33.6 Å². The number of nitro groups is 1.